The first-order valence-corrected chi connectivity index (χ1v) is 12.0. The minimum Gasteiger partial charge on any atom is -0.322 e. The molecule has 2 amide bonds. The third kappa shape index (κ3) is 4.74. The van der Waals surface area contributed by atoms with E-state index in [2.05, 4.69) is 15.7 Å². The van der Waals surface area contributed by atoms with Gasteiger partial charge in [-0.2, -0.15) is 10.4 Å². The lowest BCUT2D eigenvalue weighted by Gasteiger charge is -2.13. The molecule has 0 atom stereocenters. The van der Waals surface area contributed by atoms with Crippen molar-refractivity contribution in [1.29, 1.82) is 5.26 Å². The van der Waals surface area contributed by atoms with Gasteiger partial charge in [0.25, 0.3) is 11.5 Å². The Morgan fingerprint density at radius 3 is 2.59 bits per heavy atom. The van der Waals surface area contributed by atoms with E-state index in [1.807, 2.05) is 6.07 Å². The summed E-state index contributed by atoms with van der Waals surface area (Å²) in [7, 11) is 0. The van der Waals surface area contributed by atoms with Crippen molar-refractivity contribution in [3.05, 3.63) is 72.5 Å². The van der Waals surface area contributed by atoms with E-state index in [1.165, 1.54) is 11.3 Å². The fraction of sp³-hybridized carbons (Fsp3) is 0.292. The highest BCUT2D eigenvalue weighted by Gasteiger charge is 2.27. The molecule has 1 aliphatic rings. The molecule has 0 fully saturated rings. The molecule has 10 heteroatoms. The Balaban J connectivity index is 1.62. The highest BCUT2D eigenvalue weighted by atomic mass is 35.5. The predicted molar refractivity (Wildman–Crippen MR) is 132 cm³/mol. The number of hydrogen-bond donors (Lipinski definition) is 2. The van der Waals surface area contributed by atoms with E-state index in [9.17, 15) is 19.6 Å². The van der Waals surface area contributed by atoms with E-state index in [0.29, 0.717) is 32.5 Å². The average molecular weight is 496 g/mol. The van der Waals surface area contributed by atoms with Gasteiger partial charge in [-0.3, -0.25) is 14.4 Å². The van der Waals surface area contributed by atoms with Crippen LogP contribution in [0.3, 0.4) is 0 Å². The van der Waals surface area contributed by atoms with Crippen molar-refractivity contribution in [2.24, 2.45) is 0 Å². The van der Waals surface area contributed by atoms with Crippen molar-refractivity contribution >= 4 is 45.4 Å². The molecule has 0 aliphatic heterocycles. The molecule has 0 unspecified atom stereocenters. The van der Waals surface area contributed by atoms with Gasteiger partial charge in [0.15, 0.2) is 0 Å². The number of nitrogens with one attached hydrogen (secondary N) is 2. The fourth-order valence-electron chi connectivity index (χ4n) is 3.93. The Morgan fingerprint density at radius 1 is 1.18 bits per heavy atom. The second-order valence-corrected chi connectivity index (χ2v) is 9.63. The van der Waals surface area contributed by atoms with E-state index >= 15 is 0 Å². The van der Waals surface area contributed by atoms with E-state index in [0.717, 1.165) is 40.8 Å². The normalized spacial score (nSPS) is 12.5. The van der Waals surface area contributed by atoms with Crippen LogP contribution in [0.5, 0.6) is 0 Å². The first-order chi connectivity index (χ1) is 16.3. The zero-order chi connectivity index (χ0) is 24.4. The van der Waals surface area contributed by atoms with Gasteiger partial charge in [-0.05, 0) is 74.9 Å². The van der Waals surface area contributed by atoms with Crippen molar-refractivity contribution < 1.29 is 9.59 Å². The largest absolute Gasteiger partial charge is 0.322 e. The van der Waals surface area contributed by atoms with Crippen LogP contribution in [-0.4, -0.2) is 21.6 Å². The molecule has 1 aromatic carbocycles. The minimum absolute atomic E-state index is 0.0325. The van der Waals surface area contributed by atoms with Crippen molar-refractivity contribution in [1.82, 2.24) is 9.78 Å². The topological polar surface area (TPSA) is 117 Å². The third-order valence-electron chi connectivity index (χ3n) is 5.80. The quantitative estimate of drug-likeness (QED) is 0.549. The van der Waals surface area contributed by atoms with Crippen LogP contribution < -0.4 is 16.2 Å². The van der Waals surface area contributed by atoms with Crippen LogP contribution in [0.25, 0.3) is 0 Å². The molecule has 2 aromatic heterocycles. The monoisotopic (exact) mass is 495 g/mol. The number of fused-ring (bicyclic) bond motifs is 1. The van der Waals surface area contributed by atoms with E-state index < -0.39 is 11.5 Å². The van der Waals surface area contributed by atoms with Crippen molar-refractivity contribution in [2.45, 2.75) is 46.1 Å². The minimum atomic E-state index is -0.619. The number of nitriles is 1. The van der Waals surface area contributed by atoms with Gasteiger partial charge < -0.3 is 10.6 Å². The summed E-state index contributed by atoms with van der Waals surface area (Å²) >= 11 is 7.32. The average Bonchev–Trinajstić information content (AvgIpc) is 3.17. The Morgan fingerprint density at radius 2 is 1.88 bits per heavy atom. The molecule has 0 bridgehead atoms. The van der Waals surface area contributed by atoms with Gasteiger partial charge >= 0.3 is 0 Å². The number of aromatic nitrogens is 2. The van der Waals surface area contributed by atoms with Crippen LogP contribution in [0.4, 0.5) is 10.7 Å². The number of aryl methyl sites for hydroxylation is 2. The highest BCUT2D eigenvalue weighted by Crippen LogP contribution is 2.38. The first-order valence-electron chi connectivity index (χ1n) is 10.8. The number of thiophene rings is 1. The maximum absolute atomic E-state index is 13.2. The predicted octanol–water partition coefficient (Wildman–Crippen LogP) is 4.22. The van der Waals surface area contributed by atoms with E-state index in [-0.39, 0.29) is 18.0 Å². The van der Waals surface area contributed by atoms with Crippen LogP contribution in [0.2, 0.25) is 5.02 Å². The zero-order valence-electron chi connectivity index (χ0n) is 18.7. The van der Waals surface area contributed by atoms with Gasteiger partial charge in [0, 0.05) is 15.6 Å². The number of rotatable bonds is 5. The molecule has 174 valence electrons. The summed E-state index contributed by atoms with van der Waals surface area (Å²) in [5.41, 5.74) is 2.33. The van der Waals surface area contributed by atoms with Gasteiger partial charge in [-0.25, -0.2) is 4.68 Å². The lowest BCUT2D eigenvalue weighted by Crippen LogP contribution is -2.32. The molecule has 2 heterocycles. The lowest BCUT2D eigenvalue weighted by atomic mass is 9.95. The van der Waals surface area contributed by atoms with Crippen LogP contribution in [0.1, 0.15) is 50.5 Å². The fourth-order valence-corrected chi connectivity index (χ4v) is 5.36. The van der Waals surface area contributed by atoms with Gasteiger partial charge in [-0.15, -0.1) is 11.3 Å². The summed E-state index contributed by atoms with van der Waals surface area (Å²) in [5.74, 6) is -0.814. The molecule has 1 aliphatic carbocycles. The van der Waals surface area contributed by atoms with E-state index in [4.69, 9.17) is 11.6 Å². The van der Waals surface area contributed by atoms with Gasteiger partial charge in [0.1, 0.15) is 23.2 Å². The standard InChI is InChI=1S/C24H22ClN5O3S/c1-13-14(2)29-30(24(33)18(13)11-26)12-20(31)28-23-21(17-5-3-4-6-19(17)34-23)22(32)27-16-9-7-15(25)8-10-16/h7-10H,3-6,12H2,1-2H3,(H,27,32)(H,28,31). The Labute approximate surface area is 205 Å². The molecule has 0 radical (unpaired) electrons. The van der Waals surface area contributed by atoms with Crippen LogP contribution in [-0.2, 0) is 24.2 Å². The number of nitrogens with zero attached hydrogens (tertiary/aromatic N) is 3. The second kappa shape index (κ2) is 9.79. The molecule has 0 saturated carbocycles. The number of carbonyl (C=O) groups excluding carboxylic acids is 2. The smallest absolute Gasteiger partial charge is 0.285 e. The molecule has 0 saturated heterocycles. The highest BCUT2D eigenvalue weighted by molar-refractivity contribution is 7.17. The third-order valence-corrected chi connectivity index (χ3v) is 7.25. The number of hydrogen-bond acceptors (Lipinski definition) is 6. The molecule has 3 aromatic rings. The van der Waals surface area contributed by atoms with Crippen LogP contribution in [0, 0.1) is 25.2 Å². The van der Waals surface area contributed by atoms with E-state index in [1.54, 1.807) is 38.1 Å². The Kier molecular flexibility index (Phi) is 6.82. The van der Waals surface area contributed by atoms with Crippen molar-refractivity contribution in [3.8, 4) is 6.07 Å². The summed E-state index contributed by atoms with van der Waals surface area (Å²) in [6, 6.07) is 8.68. The SMILES string of the molecule is Cc1nn(CC(=O)Nc2sc3c(c2C(=O)Nc2ccc(Cl)cc2)CCCC3)c(=O)c(C#N)c1C. The summed E-state index contributed by atoms with van der Waals surface area (Å²) in [4.78, 5) is 39.7. The molecular formula is C24H22ClN5O3S. The van der Waals surface area contributed by atoms with Gasteiger partial charge in [-0.1, -0.05) is 11.6 Å². The molecule has 2 N–H and O–H groups in total. The maximum Gasteiger partial charge on any atom is 0.285 e. The van der Waals surface area contributed by atoms with Crippen LogP contribution >= 0.6 is 22.9 Å². The molecular weight excluding hydrogens is 474 g/mol. The van der Waals surface area contributed by atoms with Gasteiger partial charge in [0.05, 0.1) is 11.3 Å². The number of benzene rings is 1. The summed E-state index contributed by atoms with van der Waals surface area (Å²) in [6.07, 6.45) is 3.60. The number of anilines is 2. The van der Waals surface area contributed by atoms with Gasteiger partial charge in [0.2, 0.25) is 5.91 Å². The van der Waals surface area contributed by atoms with Crippen LogP contribution in [0.15, 0.2) is 29.1 Å². The summed E-state index contributed by atoms with van der Waals surface area (Å²) < 4.78 is 0.983. The lowest BCUT2D eigenvalue weighted by molar-refractivity contribution is -0.117. The Hall–Kier alpha value is -3.48. The van der Waals surface area contributed by atoms with Crippen molar-refractivity contribution in [3.63, 3.8) is 0 Å². The number of carbonyl (C=O) groups is 2. The Bertz CT molecular complexity index is 1390. The molecule has 4 rings (SSSR count). The molecule has 8 nitrogen and oxygen atoms in total. The number of halogens is 1. The first kappa shape index (κ1) is 23.7. The summed E-state index contributed by atoms with van der Waals surface area (Å²) in [5, 5.41) is 20.1. The number of amides is 2. The second-order valence-electron chi connectivity index (χ2n) is 8.08. The zero-order valence-corrected chi connectivity index (χ0v) is 20.3. The maximum atomic E-state index is 13.2. The molecule has 0 spiro atoms. The summed E-state index contributed by atoms with van der Waals surface area (Å²) in [6.45, 7) is 2.96. The van der Waals surface area contributed by atoms with Crippen molar-refractivity contribution in [2.75, 3.05) is 10.6 Å². The molecule has 34 heavy (non-hydrogen) atoms.